The van der Waals surface area contributed by atoms with Gasteiger partial charge in [0.05, 0.1) is 6.42 Å². The molecule has 0 aliphatic carbocycles. The number of hydrogen-bond acceptors (Lipinski definition) is 4. The van der Waals surface area contributed by atoms with E-state index in [0.717, 1.165) is 6.92 Å². The molecule has 86 valence electrons. The zero-order chi connectivity index (χ0) is 12.2. The van der Waals surface area contributed by atoms with Gasteiger partial charge in [0.2, 0.25) is 0 Å². The highest BCUT2D eigenvalue weighted by atomic mass is 16.6. The Morgan fingerprint density at radius 3 is 2.00 bits per heavy atom. The van der Waals surface area contributed by atoms with E-state index in [1.54, 1.807) is 0 Å². The van der Waals surface area contributed by atoms with Crippen LogP contribution in [0.25, 0.3) is 0 Å². The van der Waals surface area contributed by atoms with Crippen LogP contribution in [0.2, 0.25) is 0 Å². The van der Waals surface area contributed by atoms with E-state index in [1.165, 1.54) is 13.8 Å². The molecule has 0 amide bonds. The molecule has 1 atom stereocenters. The van der Waals surface area contributed by atoms with E-state index < -0.39 is 35.8 Å². The second-order valence-electron chi connectivity index (χ2n) is 3.69. The minimum atomic E-state index is -1.34. The number of hydrogen-bond donors (Lipinski definition) is 2. The van der Waals surface area contributed by atoms with Gasteiger partial charge in [0, 0.05) is 6.92 Å². The molecule has 0 heterocycles. The molecule has 0 aliphatic heterocycles. The first-order valence-electron chi connectivity index (χ1n) is 4.31. The summed E-state index contributed by atoms with van der Waals surface area (Å²) in [4.78, 5) is 32.0. The van der Waals surface area contributed by atoms with Crippen molar-refractivity contribution in [2.75, 3.05) is 0 Å². The summed E-state index contributed by atoms with van der Waals surface area (Å²) in [6.45, 7) is 3.88. The van der Waals surface area contributed by atoms with E-state index in [2.05, 4.69) is 0 Å². The Labute approximate surface area is 86.8 Å². The van der Waals surface area contributed by atoms with Crippen molar-refractivity contribution < 1.29 is 29.3 Å². The van der Waals surface area contributed by atoms with Crippen LogP contribution in [0.3, 0.4) is 0 Å². The predicted molar refractivity (Wildman–Crippen MR) is 49.2 cm³/mol. The van der Waals surface area contributed by atoms with Gasteiger partial charge in [-0.2, -0.15) is 0 Å². The van der Waals surface area contributed by atoms with Crippen LogP contribution in [0.15, 0.2) is 0 Å². The van der Waals surface area contributed by atoms with Crippen molar-refractivity contribution in [3.05, 3.63) is 0 Å². The third-order valence-electron chi connectivity index (χ3n) is 1.92. The first-order chi connectivity index (χ1) is 6.66. The van der Waals surface area contributed by atoms with Gasteiger partial charge in [-0.3, -0.25) is 14.4 Å². The summed E-state index contributed by atoms with van der Waals surface area (Å²) in [5, 5.41) is 17.3. The fourth-order valence-electron chi connectivity index (χ4n) is 1.25. The van der Waals surface area contributed by atoms with Crippen LogP contribution in [0.1, 0.15) is 27.2 Å². The molecule has 0 saturated heterocycles. The monoisotopic (exact) mass is 218 g/mol. The Morgan fingerprint density at radius 1 is 1.27 bits per heavy atom. The molecular formula is C9H14O6. The molecule has 0 rings (SSSR count). The van der Waals surface area contributed by atoms with E-state index in [4.69, 9.17) is 14.9 Å². The largest absolute Gasteiger partial charge is 0.481 e. The normalized spacial score (nSPS) is 13.0. The molecule has 0 aromatic carbocycles. The molecule has 0 radical (unpaired) electrons. The van der Waals surface area contributed by atoms with E-state index in [0.29, 0.717) is 0 Å². The number of ether oxygens (including phenoxy) is 1. The fraction of sp³-hybridized carbons (Fsp3) is 0.667. The van der Waals surface area contributed by atoms with Crippen molar-refractivity contribution in [3.8, 4) is 0 Å². The number of carboxylic acids is 2. The summed E-state index contributed by atoms with van der Waals surface area (Å²) in [5.74, 6) is -4.46. The van der Waals surface area contributed by atoms with E-state index in [1.807, 2.05) is 0 Å². The molecule has 0 bridgehead atoms. The smallest absolute Gasteiger partial charge is 0.311 e. The van der Waals surface area contributed by atoms with Crippen LogP contribution >= 0.6 is 0 Å². The molecule has 15 heavy (non-hydrogen) atoms. The van der Waals surface area contributed by atoms with E-state index in [9.17, 15) is 14.4 Å². The summed E-state index contributed by atoms with van der Waals surface area (Å²) in [6.07, 6.45) is -0.588. The first kappa shape index (κ1) is 13.4. The van der Waals surface area contributed by atoms with Gasteiger partial charge in [0.25, 0.3) is 0 Å². The highest BCUT2D eigenvalue weighted by molar-refractivity contribution is 5.79. The Balaban J connectivity index is 4.80. The lowest BCUT2D eigenvalue weighted by Crippen LogP contribution is -2.42. The maximum Gasteiger partial charge on any atom is 0.311 e. The van der Waals surface area contributed by atoms with E-state index >= 15 is 0 Å². The molecule has 0 fully saturated rings. The lowest BCUT2D eigenvalue weighted by Gasteiger charge is -2.29. The summed E-state index contributed by atoms with van der Waals surface area (Å²) in [6, 6.07) is 0. The number of rotatable bonds is 5. The number of carbonyl (C=O) groups excluding carboxylic acids is 1. The number of carboxylic acid groups (broad SMARTS) is 2. The van der Waals surface area contributed by atoms with Gasteiger partial charge in [-0.15, -0.1) is 0 Å². The second-order valence-corrected chi connectivity index (χ2v) is 3.69. The SMILES string of the molecule is CC(=O)OC(C)(C)C(CC(=O)O)C(=O)O. The molecule has 0 aliphatic rings. The quantitative estimate of drug-likeness (QED) is 0.652. The topological polar surface area (TPSA) is 101 Å². The third-order valence-corrected chi connectivity index (χ3v) is 1.92. The van der Waals surface area contributed by atoms with Gasteiger partial charge in [0.1, 0.15) is 11.5 Å². The highest BCUT2D eigenvalue weighted by Gasteiger charge is 2.39. The van der Waals surface area contributed by atoms with Gasteiger partial charge in [-0.25, -0.2) is 0 Å². The zero-order valence-corrected chi connectivity index (χ0v) is 8.81. The molecule has 6 nitrogen and oxygen atoms in total. The highest BCUT2D eigenvalue weighted by Crippen LogP contribution is 2.25. The second kappa shape index (κ2) is 4.77. The van der Waals surface area contributed by atoms with Crippen LogP contribution in [-0.4, -0.2) is 33.7 Å². The van der Waals surface area contributed by atoms with Gasteiger partial charge in [0.15, 0.2) is 0 Å². The van der Waals surface area contributed by atoms with Crippen LogP contribution in [0.5, 0.6) is 0 Å². The van der Waals surface area contributed by atoms with Crippen molar-refractivity contribution in [2.45, 2.75) is 32.8 Å². The van der Waals surface area contributed by atoms with Crippen molar-refractivity contribution in [1.82, 2.24) is 0 Å². The molecule has 0 saturated carbocycles. The lowest BCUT2D eigenvalue weighted by atomic mass is 9.88. The van der Waals surface area contributed by atoms with Crippen LogP contribution in [0, 0.1) is 5.92 Å². The fourth-order valence-corrected chi connectivity index (χ4v) is 1.25. The van der Waals surface area contributed by atoms with Gasteiger partial charge in [-0.05, 0) is 13.8 Å². The first-order valence-corrected chi connectivity index (χ1v) is 4.31. The van der Waals surface area contributed by atoms with Crippen molar-refractivity contribution >= 4 is 17.9 Å². The Hall–Kier alpha value is -1.59. The number of aliphatic carboxylic acids is 2. The molecule has 2 N–H and O–H groups in total. The summed E-state index contributed by atoms with van der Waals surface area (Å²) < 4.78 is 4.78. The van der Waals surface area contributed by atoms with E-state index in [-0.39, 0.29) is 0 Å². The van der Waals surface area contributed by atoms with Crippen LogP contribution in [-0.2, 0) is 19.1 Å². The molecule has 6 heteroatoms. The molecule has 0 aromatic rings. The third kappa shape index (κ3) is 4.44. The molecule has 0 aromatic heterocycles. The standard InChI is InChI=1S/C9H14O6/c1-5(10)15-9(2,3)6(8(13)14)4-7(11)12/h6H,4H2,1-3H3,(H,11,12)(H,13,14). The molecule has 0 spiro atoms. The summed E-state index contributed by atoms with van der Waals surface area (Å²) in [7, 11) is 0. The Bertz CT molecular complexity index is 280. The van der Waals surface area contributed by atoms with Crippen molar-refractivity contribution in [2.24, 2.45) is 5.92 Å². The Kier molecular flexibility index (Phi) is 4.26. The predicted octanol–water partition coefficient (Wildman–Crippen LogP) is 0.504. The summed E-state index contributed by atoms with van der Waals surface area (Å²) in [5.41, 5.74) is -1.34. The number of esters is 1. The van der Waals surface area contributed by atoms with Crippen molar-refractivity contribution in [3.63, 3.8) is 0 Å². The lowest BCUT2D eigenvalue weighted by molar-refractivity contribution is -0.171. The molecule has 1 unspecified atom stereocenters. The maximum atomic E-state index is 10.8. The minimum Gasteiger partial charge on any atom is -0.481 e. The van der Waals surface area contributed by atoms with Crippen LogP contribution < -0.4 is 0 Å². The summed E-state index contributed by atoms with van der Waals surface area (Å²) >= 11 is 0. The average Bonchev–Trinajstić information content (AvgIpc) is 1.96. The maximum absolute atomic E-state index is 10.8. The number of carbonyl (C=O) groups is 3. The average molecular weight is 218 g/mol. The molecular weight excluding hydrogens is 204 g/mol. The Morgan fingerprint density at radius 2 is 1.73 bits per heavy atom. The van der Waals surface area contributed by atoms with Gasteiger partial charge < -0.3 is 14.9 Å². The van der Waals surface area contributed by atoms with Crippen molar-refractivity contribution in [1.29, 1.82) is 0 Å². The minimum absolute atomic E-state index is 0.588. The van der Waals surface area contributed by atoms with Crippen LogP contribution in [0.4, 0.5) is 0 Å². The zero-order valence-electron chi connectivity index (χ0n) is 8.81. The van der Waals surface area contributed by atoms with Gasteiger partial charge >= 0.3 is 17.9 Å². The van der Waals surface area contributed by atoms with Gasteiger partial charge in [-0.1, -0.05) is 0 Å².